The van der Waals surface area contributed by atoms with E-state index in [1.165, 1.54) is 12.1 Å². The van der Waals surface area contributed by atoms with Crippen molar-refractivity contribution in [3.05, 3.63) is 29.8 Å². The van der Waals surface area contributed by atoms with Gasteiger partial charge in [0, 0.05) is 12.1 Å². The van der Waals surface area contributed by atoms with Gasteiger partial charge in [0.15, 0.2) is 0 Å². The lowest BCUT2D eigenvalue weighted by Gasteiger charge is -2.35. The van der Waals surface area contributed by atoms with Gasteiger partial charge in [-0.05, 0) is 83.1 Å². The molecular weight excluding hydrogens is 466 g/mol. The molecule has 1 fully saturated rings. The minimum Gasteiger partial charge on any atom is -0.508 e. The second kappa shape index (κ2) is 13.0. The van der Waals surface area contributed by atoms with Crippen LogP contribution in [-0.2, 0) is 14.3 Å². The summed E-state index contributed by atoms with van der Waals surface area (Å²) in [6.45, 7) is 9.31. The van der Waals surface area contributed by atoms with Gasteiger partial charge in [-0.2, -0.15) is 11.8 Å². The van der Waals surface area contributed by atoms with E-state index in [0.717, 1.165) is 25.7 Å². The topological polar surface area (TPSA) is 108 Å². The van der Waals surface area contributed by atoms with Crippen molar-refractivity contribution in [3.63, 3.8) is 0 Å². The van der Waals surface area contributed by atoms with Crippen molar-refractivity contribution >= 4 is 29.7 Å². The summed E-state index contributed by atoms with van der Waals surface area (Å²) in [4.78, 5) is 41.7. The van der Waals surface area contributed by atoms with Gasteiger partial charge in [0.2, 0.25) is 11.8 Å². The number of phenols is 1. The van der Waals surface area contributed by atoms with E-state index in [1.807, 2.05) is 13.2 Å². The number of thioether (sulfide) groups is 1. The lowest BCUT2D eigenvalue weighted by molar-refractivity contribution is -0.143. The number of carbonyl (C=O) groups is 3. The van der Waals surface area contributed by atoms with Crippen molar-refractivity contribution in [2.75, 3.05) is 12.0 Å². The Morgan fingerprint density at radius 2 is 1.77 bits per heavy atom. The summed E-state index contributed by atoms with van der Waals surface area (Å²) in [6.07, 6.45) is 5.03. The Morgan fingerprint density at radius 1 is 1.14 bits per heavy atom. The zero-order chi connectivity index (χ0) is 26.2. The largest absolute Gasteiger partial charge is 0.508 e. The summed E-state index contributed by atoms with van der Waals surface area (Å²) in [5.41, 5.74) is -0.0813. The van der Waals surface area contributed by atoms with Gasteiger partial charge in [0.05, 0.1) is 0 Å². The van der Waals surface area contributed by atoms with E-state index >= 15 is 0 Å². The lowest BCUT2D eigenvalue weighted by atomic mass is 10.0. The van der Waals surface area contributed by atoms with Gasteiger partial charge in [-0.25, -0.2) is 4.79 Å². The highest BCUT2D eigenvalue weighted by Gasteiger charge is 2.44. The first-order valence-electron chi connectivity index (χ1n) is 12.4. The zero-order valence-corrected chi connectivity index (χ0v) is 22.6. The Hall–Kier alpha value is -2.42. The molecular formula is C26H41N3O5S. The highest BCUT2D eigenvalue weighted by Crippen LogP contribution is 2.36. The summed E-state index contributed by atoms with van der Waals surface area (Å²) in [6, 6.07) is 4.55. The molecule has 9 heteroatoms. The third kappa shape index (κ3) is 9.28. The number of nitrogens with one attached hydrogen (secondary N) is 2. The Morgan fingerprint density at radius 3 is 2.29 bits per heavy atom. The molecule has 0 aromatic heterocycles. The van der Waals surface area contributed by atoms with Crippen LogP contribution in [-0.4, -0.2) is 63.6 Å². The van der Waals surface area contributed by atoms with E-state index in [4.69, 9.17) is 4.74 Å². The maximum absolute atomic E-state index is 13.9. The van der Waals surface area contributed by atoms with Crippen LogP contribution in [0.5, 0.6) is 5.75 Å². The molecule has 0 spiro atoms. The molecule has 1 aromatic rings. The van der Waals surface area contributed by atoms with Crippen LogP contribution in [0.4, 0.5) is 4.79 Å². The van der Waals surface area contributed by atoms with Crippen LogP contribution in [0.3, 0.4) is 0 Å². The molecule has 2 rings (SSSR count). The van der Waals surface area contributed by atoms with Gasteiger partial charge in [-0.3, -0.25) is 9.59 Å². The van der Waals surface area contributed by atoms with Crippen molar-refractivity contribution in [2.24, 2.45) is 0 Å². The average molecular weight is 508 g/mol. The third-order valence-electron chi connectivity index (χ3n) is 5.64. The fraction of sp³-hybridized carbons (Fsp3) is 0.654. The number of benzene rings is 1. The summed E-state index contributed by atoms with van der Waals surface area (Å²) in [7, 11) is 0. The minimum atomic E-state index is -0.868. The number of amides is 3. The predicted molar refractivity (Wildman–Crippen MR) is 139 cm³/mol. The zero-order valence-electron chi connectivity index (χ0n) is 21.8. The monoisotopic (exact) mass is 507 g/mol. The van der Waals surface area contributed by atoms with Crippen LogP contribution in [0.1, 0.15) is 78.3 Å². The number of nitrogens with zero attached hydrogens (tertiary/aromatic N) is 1. The number of hydrogen-bond donors (Lipinski definition) is 3. The molecule has 0 radical (unpaired) electrons. The SMILES string of the molecule is CCCC(C)NC(=O)C(c1ccc(O)cc1)N(C(=O)C(CCSC)NC(=O)OC(C)(C)C)C1CC1. The average Bonchev–Trinajstić information content (AvgIpc) is 3.59. The quantitative estimate of drug-likeness (QED) is 0.388. The molecule has 1 aromatic carbocycles. The van der Waals surface area contributed by atoms with Gasteiger partial charge in [0.25, 0.3) is 0 Å². The smallest absolute Gasteiger partial charge is 0.408 e. The van der Waals surface area contributed by atoms with Crippen LogP contribution in [0, 0.1) is 0 Å². The maximum Gasteiger partial charge on any atom is 0.408 e. The number of alkyl carbamates (subject to hydrolysis) is 1. The molecule has 3 N–H and O–H groups in total. The number of aromatic hydroxyl groups is 1. The first-order chi connectivity index (χ1) is 16.5. The number of carbonyl (C=O) groups excluding carboxylic acids is 3. The molecule has 1 aliphatic carbocycles. The highest BCUT2D eigenvalue weighted by molar-refractivity contribution is 7.98. The van der Waals surface area contributed by atoms with Gasteiger partial charge < -0.3 is 25.4 Å². The summed E-state index contributed by atoms with van der Waals surface area (Å²) in [5, 5.41) is 15.6. The van der Waals surface area contributed by atoms with Crippen LogP contribution in [0.15, 0.2) is 24.3 Å². The first kappa shape index (κ1) is 28.8. The molecule has 0 heterocycles. The maximum atomic E-state index is 13.9. The molecule has 35 heavy (non-hydrogen) atoms. The molecule has 0 saturated heterocycles. The van der Waals surface area contributed by atoms with Crippen molar-refractivity contribution in [1.82, 2.24) is 15.5 Å². The molecule has 3 atom stereocenters. The van der Waals surface area contributed by atoms with Crippen LogP contribution in [0.25, 0.3) is 0 Å². The number of rotatable bonds is 12. The number of hydrogen-bond acceptors (Lipinski definition) is 6. The lowest BCUT2D eigenvalue weighted by Crippen LogP contribution is -2.54. The van der Waals surface area contributed by atoms with E-state index in [-0.39, 0.29) is 29.6 Å². The van der Waals surface area contributed by atoms with E-state index < -0.39 is 23.8 Å². The van der Waals surface area contributed by atoms with E-state index in [0.29, 0.717) is 17.7 Å². The Labute approximate surface area is 213 Å². The van der Waals surface area contributed by atoms with Crippen molar-refractivity contribution in [3.8, 4) is 5.75 Å². The van der Waals surface area contributed by atoms with Crippen molar-refractivity contribution < 1.29 is 24.2 Å². The summed E-state index contributed by atoms with van der Waals surface area (Å²) < 4.78 is 5.40. The third-order valence-corrected chi connectivity index (χ3v) is 6.28. The second-order valence-corrected chi connectivity index (χ2v) is 11.1. The fourth-order valence-corrected chi connectivity index (χ4v) is 4.39. The van der Waals surface area contributed by atoms with Gasteiger partial charge in [-0.1, -0.05) is 25.5 Å². The molecule has 196 valence electrons. The molecule has 0 aliphatic heterocycles. The van der Waals surface area contributed by atoms with Gasteiger partial charge >= 0.3 is 6.09 Å². The van der Waals surface area contributed by atoms with Crippen LogP contribution in [0.2, 0.25) is 0 Å². The summed E-state index contributed by atoms with van der Waals surface area (Å²) >= 11 is 1.58. The van der Waals surface area contributed by atoms with Crippen molar-refractivity contribution in [1.29, 1.82) is 0 Å². The Bertz CT molecular complexity index is 852. The first-order valence-corrected chi connectivity index (χ1v) is 13.8. The Balaban J connectivity index is 2.40. The molecule has 3 amide bonds. The molecule has 0 bridgehead atoms. The second-order valence-electron chi connectivity index (χ2n) is 10.1. The molecule has 1 saturated carbocycles. The summed E-state index contributed by atoms with van der Waals surface area (Å²) in [5.74, 6) is 0.177. The van der Waals surface area contributed by atoms with Crippen molar-refractivity contribution in [2.45, 2.75) is 96.5 Å². The molecule has 1 aliphatic rings. The number of phenolic OH excluding ortho intramolecular Hbond substituents is 1. The van der Waals surface area contributed by atoms with E-state index in [1.54, 1.807) is 49.6 Å². The van der Waals surface area contributed by atoms with E-state index in [2.05, 4.69) is 17.6 Å². The fourth-order valence-electron chi connectivity index (χ4n) is 3.92. The number of ether oxygens (including phenoxy) is 1. The standard InChI is InChI=1S/C26H41N3O5S/c1-7-8-17(2)27-23(31)22(18-9-13-20(30)14-10-18)29(19-11-12-19)24(32)21(15-16-35-6)28-25(33)34-26(3,4)5/h9-10,13-14,17,19,21-22,30H,7-8,11-12,15-16H2,1-6H3,(H,27,31)(H,28,33). The minimum absolute atomic E-state index is 0.0459. The normalized spacial score (nSPS) is 16.1. The van der Waals surface area contributed by atoms with Crippen LogP contribution < -0.4 is 10.6 Å². The molecule has 8 nitrogen and oxygen atoms in total. The van der Waals surface area contributed by atoms with Gasteiger partial charge in [-0.15, -0.1) is 0 Å². The molecule has 3 unspecified atom stereocenters. The predicted octanol–water partition coefficient (Wildman–Crippen LogP) is 4.38. The van der Waals surface area contributed by atoms with E-state index in [9.17, 15) is 19.5 Å². The van der Waals surface area contributed by atoms with Gasteiger partial charge in [0.1, 0.15) is 23.4 Å². The van der Waals surface area contributed by atoms with Crippen LogP contribution >= 0.6 is 11.8 Å². The highest BCUT2D eigenvalue weighted by atomic mass is 32.2. The Kier molecular flexibility index (Phi) is 10.7.